The van der Waals surface area contributed by atoms with Crippen LogP contribution in [0.5, 0.6) is 0 Å². The van der Waals surface area contributed by atoms with E-state index in [1.54, 1.807) is 0 Å². The van der Waals surface area contributed by atoms with Crippen LogP contribution in [0.3, 0.4) is 0 Å². The largest absolute Gasteiger partial charge is 4.00 e. The fourth-order valence-electron chi connectivity index (χ4n) is 2.67. The molecule has 0 bridgehead atoms. The zero-order valence-corrected chi connectivity index (χ0v) is 18.0. The van der Waals surface area contributed by atoms with Crippen LogP contribution in [0.2, 0.25) is 0 Å². The minimum absolute atomic E-state index is 0. The molecule has 2 aliphatic rings. The molecule has 22 heavy (non-hydrogen) atoms. The Morgan fingerprint density at radius 1 is 1.09 bits per heavy atom. The molecule has 0 amide bonds. The molecule has 1 fully saturated rings. The molecule has 1 saturated carbocycles. The normalized spacial score (nSPS) is 16.5. The van der Waals surface area contributed by atoms with Gasteiger partial charge in [-0.25, -0.2) is 0 Å². The van der Waals surface area contributed by atoms with Crippen LogP contribution < -0.4 is 24.8 Å². The summed E-state index contributed by atoms with van der Waals surface area (Å²) in [7, 11) is 0.836. The van der Waals surface area contributed by atoms with Crippen LogP contribution >= 0.6 is 8.19 Å². The summed E-state index contributed by atoms with van der Waals surface area (Å²) in [6.45, 7) is 6.47. The Bertz CT molecular complexity index is 627. The number of hydrogen-bond donors (Lipinski definition) is 0. The third-order valence-electron chi connectivity index (χ3n) is 4.32. The fourth-order valence-corrected chi connectivity index (χ4v) is 3.61. The second-order valence-electron chi connectivity index (χ2n) is 5.45. The first kappa shape index (κ1) is 22.2. The molecule has 4 heteroatoms. The van der Waals surface area contributed by atoms with Gasteiger partial charge in [0.15, 0.2) is 0 Å². The second-order valence-corrected chi connectivity index (χ2v) is 6.70. The summed E-state index contributed by atoms with van der Waals surface area (Å²) >= 11 is 0. The quantitative estimate of drug-likeness (QED) is 0.478. The van der Waals surface area contributed by atoms with Crippen molar-refractivity contribution in [3.63, 3.8) is 0 Å². The molecule has 0 aliphatic heterocycles. The van der Waals surface area contributed by atoms with Crippen molar-refractivity contribution in [2.45, 2.75) is 39.5 Å². The molecule has 0 N–H and O–H groups in total. The van der Waals surface area contributed by atoms with E-state index in [0.29, 0.717) is 0 Å². The molecule has 1 aromatic carbocycles. The number of rotatable bonds is 0. The van der Waals surface area contributed by atoms with E-state index in [2.05, 4.69) is 56.9 Å². The molecule has 4 rings (SSSR count). The van der Waals surface area contributed by atoms with Crippen LogP contribution in [0.4, 0.5) is 0 Å². The minimum Gasteiger partial charge on any atom is -1.00 e. The van der Waals surface area contributed by atoms with Gasteiger partial charge in [0.25, 0.3) is 0 Å². The SMILES string of the molecule is Cc1[c-][pH]c(C)c1C.[C-]1=C2CCC2c2ccccc21.[Cl-].[Cl-].[Zr+4]. The summed E-state index contributed by atoms with van der Waals surface area (Å²) in [6, 6.07) is 8.62. The molecular weight excluding hydrogens is 409 g/mol. The number of hydrogen-bond acceptors (Lipinski definition) is 0. The molecule has 2 unspecified atom stereocenters. The van der Waals surface area contributed by atoms with Gasteiger partial charge >= 0.3 is 26.2 Å². The van der Waals surface area contributed by atoms with E-state index < -0.39 is 0 Å². The zero-order chi connectivity index (χ0) is 13.4. The van der Waals surface area contributed by atoms with Crippen molar-refractivity contribution in [3.8, 4) is 0 Å². The van der Waals surface area contributed by atoms with Crippen molar-refractivity contribution >= 4 is 8.19 Å². The molecule has 114 valence electrons. The summed E-state index contributed by atoms with van der Waals surface area (Å²) in [5.41, 5.74) is 7.18. The van der Waals surface area contributed by atoms with Gasteiger partial charge in [0, 0.05) is 0 Å². The second kappa shape index (κ2) is 9.49. The Labute approximate surface area is 167 Å². The van der Waals surface area contributed by atoms with Gasteiger partial charge in [-0.1, -0.05) is 39.2 Å². The fraction of sp³-hybridized carbons (Fsp3) is 0.333. The number of benzene rings is 1. The van der Waals surface area contributed by atoms with Gasteiger partial charge in [-0.2, -0.15) is 39.9 Å². The van der Waals surface area contributed by atoms with Crippen molar-refractivity contribution in [2.75, 3.05) is 0 Å². The van der Waals surface area contributed by atoms with Crippen molar-refractivity contribution in [3.05, 3.63) is 69.3 Å². The first-order valence-corrected chi connectivity index (χ1v) is 7.92. The van der Waals surface area contributed by atoms with E-state index >= 15 is 0 Å². The third kappa shape index (κ3) is 4.39. The number of fused-ring (bicyclic) bond motifs is 3. The van der Waals surface area contributed by atoms with Gasteiger partial charge in [0.2, 0.25) is 0 Å². The molecule has 2 aromatic rings. The maximum atomic E-state index is 3.45. The standard InChI is InChI=1S/C11H9.C7H10P.2ClH.Zr/c1-2-4-10-8(3-1)7-9-5-6-11(9)10;1-5-4-8-7(3)6(5)2;;;/h1-4,11H,5-6H2;8H,1-3H3;2*1H;/q2*-1;;;+4/p-2. The van der Waals surface area contributed by atoms with E-state index in [4.69, 9.17) is 0 Å². The Morgan fingerprint density at radius 3 is 2.23 bits per heavy atom. The summed E-state index contributed by atoms with van der Waals surface area (Å²) in [5.74, 6) is 4.05. The number of halogens is 2. The van der Waals surface area contributed by atoms with Crippen LogP contribution in [0, 0.1) is 32.6 Å². The van der Waals surface area contributed by atoms with Gasteiger partial charge in [-0.05, 0) is 6.42 Å². The van der Waals surface area contributed by atoms with Gasteiger partial charge < -0.3 is 24.8 Å². The topological polar surface area (TPSA) is 0 Å². The first-order chi connectivity index (χ1) is 9.16. The Balaban J connectivity index is 0.000000368. The van der Waals surface area contributed by atoms with E-state index in [9.17, 15) is 0 Å². The smallest absolute Gasteiger partial charge is 1.00 e. The summed E-state index contributed by atoms with van der Waals surface area (Å²) in [4.78, 5) is 0. The van der Waals surface area contributed by atoms with Crippen LogP contribution in [-0.2, 0) is 26.2 Å². The molecule has 0 saturated heterocycles. The molecule has 1 heterocycles. The predicted molar refractivity (Wildman–Crippen MR) is 83.3 cm³/mol. The average molecular weight is 428 g/mol. The molecule has 0 radical (unpaired) electrons. The molecule has 0 nitrogen and oxygen atoms in total. The molecule has 2 atom stereocenters. The predicted octanol–water partition coefficient (Wildman–Crippen LogP) is -0.896. The average Bonchev–Trinajstić information content (AvgIpc) is 2.82. The zero-order valence-electron chi connectivity index (χ0n) is 13.1. The molecule has 2 aliphatic carbocycles. The van der Waals surface area contributed by atoms with Gasteiger partial charge in [-0.3, -0.25) is 8.19 Å². The third-order valence-corrected chi connectivity index (χ3v) is 5.57. The Hall–Kier alpha value is 0.203. The summed E-state index contributed by atoms with van der Waals surface area (Å²) < 4.78 is 0. The van der Waals surface area contributed by atoms with Crippen LogP contribution in [0.25, 0.3) is 0 Å². The van der Waals surface area contributed by atoms with E-state index in [0.717, 1.165) is 14.1 Å². The number of allylic oxidation sites excluding steroid dienone is 1. The van der Waals surface area contributed by atoms with Crippen molar-refractivity contribution in [2.24, 2.45) is 0 Å². The van der Waals surface area contributed by atoms with Crippen LogP contribution in [-0.4, -0.2) is 0 Å². The number of aryl methyl sites for hydroxylation is 2. The van der Waals surface area contributed by atoms with E-state index in [-0.39, 0.29) is 51.0 Å². The van der Waals surface area contributed by atoms with Crippen molar-refractivity contribution < 1.29 is 51.0 Å². The van der Waals surface area contributed by atoms with Gasteiger partial charge in [0.1, 0.15) is 0 Å². The molecular formula is C18H19Cl2PZr. The van der Waals surface area contributed by atoms with Gasteiger partial charge in [-0.15, -0.1) is 23.3 Å². The van der Waals surface area contributed by atoms with Crippen LogP contribution in [0.15, 0.2) is 29.8 Å². The monoisotopic (exact) mass is 426 g/mol. The van der Waals surface area contributed by atoms with Crippen molar-refractivity contribution in [1.29, 1.82) is 0 Å². The molecule has 1 aromatic heterocycles. The maximum absolute atomic E-state index is 3.45. The molecule has 0 spiro atoms. The minimum atomic E-state index is 0. The van der Waals surface area contributed by atoms with E-state index in [1.807, 2.05) is 0 Å². The summed E-state index contributed by atoms with van der Waals surface area (Å²) in [5, 5.41) is 1.50. The summed E-state index contributed by atoms with van der Waals surface area (Å²) in [6.07, 6.45) is 6.07. The van der Waals surface area contributed by atoms with E-state index in [1.165, 1.54) is 46.0 Å². The van der Waals surface area contributed by atoms with Gasteiger partial charge in [0.05, 0.1) is 0 Å². The van der Waals surface area contributed by atoms with Crippen molar-refractivity contribution in [1.82, 2.24) is 0 Å². The van der Waals surface area contributed by atoms with Crippen LogP contribution in [0.1, 0.15) is 46.3 Å². The Kier molecular flexibility index (Phi) is 9.57. The first-order valence-electron chi connectivity index (χ1n) is 6.92. The maximum Gasteiger partial charge on any atom is 4.00 e. The Morgan fingerprint density at radius 2 is 1.77 bits per heavy atom.